The van der Waals surface area contributed by atoms with E-state index < -0.39 is 6.09 Å². The van der Waals surface area contributed by atoms with Crippen LogP contribution in [0.3, 0.4) is 0 Å². The van der Waals surface area contributed by atoms with Crippen LogP contribution >= 0.6 is 0 Å². The Morgan fingerprint density at radius 3 is 2.45 bits per heavy atom. The summed E-state index contributed by atoms with van der Waals surface area (Å²) in [5.41, 5.74) is 11.7. The molecule has 1 aliphatic rings. The van der Waals surface area contributed by atoms with Gasteiger partial charge < -0.3 is 30.2 Å². The molecular formula is C32H36N6O4. The van der Waals surface area contributed by atoms with E-state index in [1.165, 1.54) is 7.11 Å². The number of carbonyl (C=O) groups is 1. The molecule has 3 aromatic carbocycles. The first-order chi connectivity index (χ1) is 20.3. The molecule has 218 valence electrons. The third-order valence-electron chi connectivity index (χ3n) is 7.49. The lowest BCUT2D eigenvalue weighted by molar-refractivity contribution is 0.213. The second-order valence-corrected chi connectivity index (χ2v) is 10.2. The minimum atomic E-state index is -0.722. The summed E-state index contributed by atoms with van der Waals surface area (Å²) in [5.74, 6) is 1.83. The summed E-state index contributed by atoms with van der Waals surface area (Å²) in [7, 11) is 3.10. The molecule has 0 saturated carbocycles. The molecule has 10 nitrogen and oxygen atoms in total. The van der Waals surface area contributed by atoms with Gasteiger partial charge in [0.1, 0.15) is 11.6 Å². The van der Waals surface area contributed by atoms with Gasteiger partial charge in [0.25, 0.3) is 0 Å². The number of nitrogens with two attached hydrogens (primary N) is 1. The highest BCUT2D eigenvalue weighted by Crippen LogP contribution is 2.43. The first kappa shape index (κ1) is 28.7. The number of nitrogens with zero attached hydrogens (tertiary/aromatic N) is 3. The Hall–Kier alpha value is -4.83. The Morgan fingerprint density at radius 1 is 0.976 bits per heavy atom. The van der Waals surface area contributed by atoms with Gasteiger partial charge >= 0.3 is 6.09 Å². The standard InChI is InChI=1S/C32H36N6O4/c1-20-6-5-7-26(21(20)2)27-18-25(40-3)19-28(41-4)30(27)42-32(39)37-29-12-15-34-31(36-29)35-23-8-10-24(11-9-23)38-16-13-22(33)14-17-38/h5-12,15,18-19,22H,13-14,16-17,33H2,1-4H3,(H2,34,35,36,37,39). The van der Waals surface area contributed by atoms with Crippen molar-refractivity contribution < 1.29 is 19.0 Å². The molecule has 1 saturated heterocycles. The van der Waals surface area contributed by atoms with Crippen molar-refractivity contribution in [1.82, 2.24) is 9.97 Å². The Morgan fingerprint density at radius 2 is 1.74 bits per heavy atom. The van der Waals surface area contributed by atoms with Crippen molar-refractivity contribution in [2.24, 2.45) is 5.73 Å². The number of hydrogen-bond acceptors (Lipinski definition) is 9. The monoisotopic (exact) mass is 568 g/mol. The van der Waals surface area contributed by atoms with Gasteiger partial charge in [-0.05, 0) is 79.8 Å². The summed E-state index contributed by atoms with van der Waals surface area (Å²) in [5, 5.41) is 5.89. The zero-order chi connectivity index (χ0) is 29.6. The summed E-state index contributed by atoms with van der Waals surface area (Å²) in [4.78, 5) is 24.2. The van der Waals surface area contributed by atoms with E-state index >= 15 is 0 Å². The third kappa shape index (κ3) is 6.55. The van der Waals surface area contributed by atoms with Gasteiger partial charge in [0.05, 0.1) is 14.2 Å². The third-order valence-corrected chi connectivity index (χ3v) is 7.49. The fourth-order valence-corrected chi connectivity index (χ4v) is 4.95. The molecule has 0 radical (unpaired) electrons. The molecule has 1 aromatic heterocycles. The van der Waals surface area contributed by atoms with Crippen molar-refractivity contribution in [2.75, 3.05) is 42.8 Å². The van der Waals surface area contributed by atoms with E-state index in [1.54, 1.807) is 25.4 Å². The fraction of sp³-hybridized carbons (Fsp3) is 0.281. The highest BCUT2D eigenvalue weighted by Gasteiger charge is 2.21. The molecule has 0 atom stereocenters. The SMILES string of the molecule is COc1cc(OC)c(OC(=O)Nc2ccnc(Nc3ccc(N4CCC(N)CC4)cc3)n2)c(-c2cccc(C)c2C)c1. The normalized spacial score (nSPS) is 13.4. The van der Waals surface area contributed by atoms with E-state index in [0.717, 1.165) is 54.0 Å². The number of benzene rings is 3. The Kier molecular flexibility index (Phi) is 8.73. The number of methoxy groups -OCH3 is 2. The minimum Gasteiger partial charge on any atom is -0.497 e. The van der Waals surface area contributed by atoms with Crippen molar-refractivity contribution in [3.63, 3.8) is 0 Å². The number of nitrogens with one attached hydrogen (secondary N) is 2. The van der Waals surface area contributed by atoms with Crippen LogP contribution in [0.2, 0.25) is 0 Å². The van der Waals surface area contributed by atoms with E-state index in [2.05, 4.69) is 37.6 Å². The zero-order valence-corrected chi connectivity index (χ0v) is 24.3. The van der Waals surface area contributed by atoms with Crippen LogP contribution in [-0.4, -0.2) is 49.4 Å². The summed E-state index contributed by atoms with van der Waals surface area (Å²) >= 11 is 0. The number of ether oxygens (including phenoxy) is 3. The van der Waals surface area contributed by atoms with Crippen LogP contribution in [-0.2, 0) is 0 Å². The number of aryl methyl sites for hydroxylation is 1. The molecule has 10 heteroatoms. The molecule has 4 aromatic rings. The van der Waals surface area contributed by atoms with E-state index in [-0.39, 0.29) is 17.6 Å². The van der Waals surface area contributed by atoms with Crippen LogP contribution in [0.1, 0.15) is 24.0 Å². The molecule has 2 heterocycles. The Labute approximate surface area is 245 Å². The van der Waals surface area contributed by atoms with Gasteiger partial charge in [-0.1, -0.05) is 18.2 Å². The van der Waals surface area contributed by atoms with Gasteiger partial charge in [-0.25, -0.2) is 9.78 Å². The molecule has 4 N–H and O–H groups in total. The Bertz CT molecular complexity index is 1550. The van der Waals surface area contributed by atoms with Crippen LogP contribution in [0, 0.1) is 13.8 Å². The van der Waals surface area contributed by atoms with E-state index in [4.69, 9.17) is 19.9 Å². The van der Waals surface area contributed by atoms with Crippen LogP contribution in [0.5, 0.6) is 17.2 Å². The van der Waals surface area contributed by atoms with Gasteiger partial charge in [-0.3, -0.25) is 5.32 Å². The average Bonchev–Trinajstić information content (AvgIpc) is 2.99. The predicted octanol–water partition coefficient (Wildman–Crippen LogP) is 6.06. The zero-order valence-electron chi connectivity index (χ0n) is 24.3. The second-order valence-electron chi connectivity index (χ2n) is 10.2. The number of aromatic nitrogens is 2. The number of amides is 1. The number of rotatable bonds is 8. The first-order valence-corrected chi connectivity index (χ1v) is 13.9. The summed E-state index contributed by atoms with van der Waals surface area (Å²) in [6.07, 6.45) is 2.83. The maximum atomic E-state index is 13.1. The van der Waals surface area contributed by atoms with Crippen LogP contribution in [0.25, 0.3) is 11.1 Å². The number of hydrogen-bond donors (Lipinski definition) is 3. The quantitative estimate of drug-likeness (QED) is 0.233. The lowest BCUT2D eigenvalue weighted by Crippen LogP contribution is -2.39. The summed E-state index contributed by atoms with van der Waals surface area (Å²) < 4.78 is 16.9. The van der Waals surface area contributed by atoms with E-state index in [1.807, 2.05) is 50.2 Å². The molecule has 1 aliphatic heterocycles. The van der Waals surface area contributed by atoms with Gasteiger partial charge in [0, 0.05) is 48.3 Å². The molecule has 0 aliphatic carbocycles. The van der Waals surface area contributed by atoms with E-state index in [9.17, 15) is 4.79 Å². The molecule has 5 rings (SSSR count). The van der Waals surface area contributed by atoms with Gasteiger partial charge in [-0.15, -0.1) is 0 Å². The second kappa shape index (κ2) is 12.8. The fourth-order valence-electron chi connectivity index (χ4n) is 4.95. The van der Waals surface area contributed by atoms with E-state index in [0.29, 0.717) is 23.0 Å². The van der Waals surface area contributed by atoms with Crippen molar-refractivity contribution in [2.45, 2.75) is 32.7 Å². The van der Waals surface area contributed by atoms with Crippen molar-refractivity contribution >= 4 is 29.2 Å². The van der Waals surface area contributed by atoms with Crippen LogP contribution in [0.15, 0.2) is 66.9 Å². The smallest absolute Gasteiger partial charge is 0.418 e. The molecule has 1 fully saturated rings. The van der Waals surface area contributed by atoms with Crippen molar-refractivity contribution in [3.05, 3.63) is 78.0 Å². The maximum absolute atomic E-state index is 13.1. The largest absolute Gasteiger partial charge is 0.497 e. The molecule has 0 unspecified atom stereocenters. The topological polar surface area (TPSA) is 124 Å². The molecule has 0 bridgehead atoms. The predicted molar refractivity (Wildman–Crippen MR) is 165 cm³/mol. The van der Waals surface area contributed by atoms with Crippen molar-refractivity contribution in [3.8, 4) is 28.4 Å². The lowest BCUT2D eigenvalue weighted by Gasteiger charge is -2.32. The molecular weight excluding hydrogens is 532 g/mol. The minimum absolute atomic E-state index is 0.271. The average molecular weight is 569 g/mol. The summed E-state index contributed by atoms with van der Waals surface area (Å²) in [6, 6.07) is 19.4. The van der Waals surface area contributed by atoms with Gasteiger partial charge in [0.15, 0.2) is 11.5 Å². The Balaban J connectivity index is 1.31. The summed E-state index contributed by atoms with van der Waals surface area (Å²) in [6.45, 7) is 5.96. The lowest BCUT2D eigenvalue weighted by atomic mass is 9.96. The van der Waals surface area contributed by atoms with Crippen LogP contribution in [0.4, 0.5) is 27.9 Å². The molecule has 1 amide bonds. The number of piperidine rings is 1. The molecule has 0 spiro atoms. The van der Waals surface area contributed by atoms with Crippen LogP contribution < -0.4 is 35.5 Å². The van der Waals surface area contributed by atoms with Crippen molar-refractivity contribution in [1.29, 1.82) is 0 Å². The maximum Gasteiger partial charge on any atom is 0.418 e. The number of carbonyl (C=O) groups excluding carboxylic acids is 1. The highest BCUT2D eigenvalue weighted by molar-refractivity contribution is 5.89. The van der Waals surface area contributed by atoms with Gasteiger partial charge in [0.2, 0.25) is 5.95 Å². The first-order valence-electron chi connectivity index (χ1n) is 13.9. The number of anilines is 4. The highest BCUT2D eigenvalue weighted by atomic mass is 16.6. The molecule has 42 heavy (non-hydrogen) atoms. The van der Waals surface area contributed by atoms with Gasteiger partial charge in [-0.2, -0.15) is 4.98 Å².